The summed E-state index contributed by atoms with van der Waals surface area (Å²) in [6, 6.07) is 5.61. The van der Waals surface area contributed by atoms with Gasteiger partial charge in [0.25, 0.3) is 11.3 Å². The molecule has 3 aromatic rings. The summed E-state index contributed by atoms with van der Waals surface area (Å²) >= 11 is 5.97. The van der Waals surface area contributed by atoms with Gasteiger partial charge in [-0.1, -0.05) is 17.7 Å². The average molecular weight is 380 g/mol. The summed E-state index contributed by atoms with van der Waals surface area (Å²) in [5, 5.41) is 5.85. The van der Waals surface area contributed by atoms with Gasteiger partial charge < -0.3 is 10.1 Å². The summed E-state index contributed by atoms with van der Waals surface area (Å²) in [5.74, 6) is -0.638. The highest BCUT2D eigenvalue weighted by Crippen LogP contribution is 2.19. The van der Waals surface area contributed by atoms with Crippen LogP contribution in [0.2, 0.25) is 5.02 Å². The Kier molecular flexibility index (Phi) is 5.17. The van der Waals surface area contributed by atoms with Crippen LogP contribution < -0.4 is 10.9 Å². The van der Waals surface area contributed by atoms with E-state index in [2.05, 4.69) is 20.4 Å². The zero-order chi connectivity index (χ0) is 18.7. The Labute approximate surface area is 152 Å². The maximum Gasteiger partial charge on any atom is 0.311 e. The van der Waals surface area contributed by atoms with Crippen LogP contribution in [0, 0.1) is 5.82 Å². The molecule has 8 nitrogen and oxygen atoms in total. The molecule has 0 bridgehead atoms. The monoisotopic (exact) mass is 379 g/mol. The Balaban J connectivity index is 1.81. The first-order valence-electron chi connectivity index (χ1n) is 7.79. The number of anilines is 1. The van der Waals surface area contributed by atoms with Crippen molar-refractivity contribution in [2.24, 2.45) is 0 Å². The molecule has 0 unspecified atom stereocenters. The molecule has 136 valence electrons. The number of benzene rings is 1. The molecular weight excluding hydrogens is 365 g/mol. The number of halogens is 2. The maximum atomic E-state index is 13.8. The molecule has 2 aromatic heterocycles. The predicted molar refractivity (Wildman–Crippen MR) is 92.7 cm³/mol. The number of H-pyrrole nitrogens is 1. The SMILES string of the molecule is CCOC(=O)Cc1cc(=O)n2[nH]c(NCc3c(F)cccc3Cl)nc2n1. The maximum absolute atomic E-state index is 13.8. The van der Waals surface area contributed by atoms with E-state index in [9.17, 15) is 14.0 Å². The minimum absolute atomic E-state index is 0.0652. The predicted octanol–water partition coefficient (Wildman–Crippen LogP) is 1.93. The van der Waals surface area contributed by atoms with Crippen molar-refractivity contribution in [2.45, 2.75) is 19.9 Å². The number of ether oxygens (including phenoxy) is 1. The summed E-state index contributed by atoms with van der Waals surface area (Å²) in [4.78, 5) is 31.9. The molecule has 3 rings (SSSR count). The molecule has 2 N–H and O–H groups in total. The highest BCUT2D eigenvalue weighted by molar-refractivity contribution is 6.31. The van der Waals surface area contributed by atoms with E-state index >= 15 is 0 Å². The lowest BCUT2D eigenvalue weighted by Gasteiger charge is -2.06. The number of nitrogens with zero attached hydrogens (tertiary/aromatic N) is 3. The van der Waals surface area contributed by atoms with E-state index in [0.717, 1.165) is 4.52 Å². The molecule has 10 heteroatoms. The molecule has 2 heterocycles. The van der Waals surface area contributed by atoms with Crippen LogP contribution >= 0.6 is 11.6 Å². The van der Waals surface area contributed by atoms with Gasteiger partial charge in [-0.3, -0.25) is 14.7 Å². The van der Waals surface area contributed by atoms with Gasteiger partial charge in [0.15, 0.2) is 0 Å². The van der Waals surface area contributed by atoms with Crippen molar-refractivity contribution in [3.8, 4) is 0 Å². The van der Waals surface area contributed by atoms with E-state index in [1.807, 2.05) is 0 Å². The second-order valence-corrected chi connectivity index (χ2v) is 5.74. The van der Waals surface area contributed by atoms with Crippen molar-refractivity contribution < 1.29 is 13.9 Å². The minimum atomic E-state index is -0.480. The van der Waals surface area contributed by atoms with Crippen LogP contribution in [-0.4, -0.2) is 32.2 Å². The lowest BCUT2D eigenvalue weighted by Crippen LogP contribution is -2.18. The Morgan fingerprint density at radius 3 is 2.96 bits per heavy atom. The van der Waals surface area contributed by atoms with Crippen molar-refractivity contribution in [2.75, 3.05) is 11.9 Å². The van der Waals surface area contributed by atoms with E-state index in [-0.39, 0.29) is 47.6 Å². The first kappa shape index (κ1) is 17.9. The van der Waals surface area contributed by atoms with Crippen LogP contribution in [0.4, 0.5) is 10.3 Å². The molecule has 0 spiro atoms. The molecule has 26 heavy (non-hydrogen) atoms. The van der Waals surface area contributed by atoms with E-state index in [0.29, 0.717) is 0 Å². The molecule has 1 aromatic carbocycles. The third-order valence-electron chi connectivity index (χ3n) is 3.51. The number of hydrogen-bond acceptors (Lipinski definition) is 6. The molecule has 0 saturated heterocycles. The third-order valence-corrected chi connectivity index (χ3v) is 3.86. The van der Waals surface area contributed by atoms with E-state index in [1.54, 1.807) is 13.0 Å². The molecule has 0 aliphatic heterocycles. The fraction of sp³-hybridized carbons (Fsp3) is 0.250. The Morgan fingerprint density at radius 1 is 1.42 bits per heavy atom. The number of carbonyl (C=O) groups excluding carboxylic acids is 1. The van der Waals surface area contributed by atoms with Gasteiger partial charge in [0, 0.05) is 23.2 Å². The molecule has 0 aliphatic carbocycles. The van der Waals surface area contributed by atoms with Crippen molar-refractivity contribution in [1.82, 2.24) is 19.6 Å². The van der Waals surface area contributed by atoms with Crippen LogP contribution in [0.3, 0.4) is 0 Å². The summed E-state index contributed by atoms with van der Waals surface area (Å²) in [5.41, 5.74) is 0.0975. The molecule has 0 fully saturated rings. The van der Waals surface area contributed by atoms with Crippen LogP contribution in [0.15, 0.2) is 29.1 Å². The molecular formula is C16H15ClFN5O3. The number of hydrogen-bond donors (Lipinski definition) is 2. The van der Waals surface area contributed by atoms with Gasteiger partial charge in [-0.25, -0.2) is 9.37 Å². The van der Waals surface area contributed by atoms with E-state index in [1.165, 1.54) is 18.2 Å². The topological polar surface area (TPSA) is 101 Å². The highest BCUT2D eigenvalue weighted by Gasteiger charge is 2.12. The van der Waals surface area contributed by atoms with Gasteiger partial charge >= 0.3 is 5.97 Å². The summed E-state index contributed by atoms with van der Waals surface area (Å²) in [6.45, 7) is 2.00. The minimum Gasteiger partial charge on any atom is -0.466 e. The highest BCUT2D eigenvalue weighted by atomic mass is 35.5. The molecule has 0 amide bonds. The lowest BCUT2D eigenvalue weighted by molar-refractivity contribution is -0.142. The Morgan fingerprint density at radius 2 is 2.23 bits per heavy atom. The van der Waals surface area contributed by atoms with Gasteiger partial charge in [0.05, 0.1) is 18.7 Å². The average Bonchev–Trinajstić information content (AvgIpc) is 2.98. The number of carbonyl (C=O) groups is 1. The zero-order valence-electron chi connectivity index (χ0n) is 13.8. The molecule has 0 saturated carbocycles. The van der Waals surface area contributed by atoms with Crippen LogP contribution in [0.5, 0.6) is 0 Å². The van der Waals surface area contributed by atoms with Crippen LogP contribution in [0.1, 0.15) is 18.2 Å². The van der Waals surface area contributed by atoms with Crippen molar-refractivity contribution in [3.05, 3.63) is 56.7 Å². The van der Waals surface area contributed by atoms with Gasteiger partial charge in [0.1, 0.15) is 5.82 Å². The van der Waals surface area contributed by atoms with E-state index < -0.39 is 17.3 Å². The number of aromatic amines is 1. The fourth-order valence-corrected chi connectivity index (χ4v) is 2.56. The number of aromatic nitrogens is 4. The van der Waals surface area contributed by atoms with Gasteiger partial charge in [-0.05, 0) is 19.1 Å². The van der Waals surface area contributed by atoms with Crippen LogP contribution in [0.25, 0.3) is 5.78 Å². The first-order valence-corrected chi connectivity index (χ1v) is 8.16. The molecule has 0 atom stereocenters. The Bertz CT molecular complexity index is 997. The quantitative estimate of drug-likeness (QED) is 0.634. The molecule has 0 radical (unpaired) electrons. The number of esters is 1. The number of fused-ring (bicyclic) bond motifs is 1. The largest absolute Gasteiger partial charge is 0.466 e. The third kappa shape index (κ3) is 3.83. The zero-order valence-corrected chi connectivity index (χ0v) is 14.5. The van der Waals surface area contributed by atoms with E-state index in [4.69, 9.17) is 16.3 Å². The lowest BCUT2D eigenvalue weighted by atomic mass is 10.2. The normalized spacial score (nSPS) is 10.9. The van der Waals surface area contributed by atoms with Gasteiger partial charge in [0.2, 0.25) is 5.95 Å². The standard InChI is InChI=1S/C16H15ClFN5O3/c1-2-26-14(25)7-9-6-13(24)23-16(20-9)21-15(22-23)19-8-10-11(17)4-3-5-12(10)18/h3-6H,2,7-8H2,1H3,(H2,19,20,21,22). The number of rotatable bonds is 6. The smallest absolute Gasteiger partial charge is 0.311 e. The van der Waals surface area contributed by atoms with Crippen molar-refractivity contribution >= 4 is 29.3 Å². The number of nitrogens with one attached hydrogen (secondary N) is 2. The summed E-state index contributed by atoms with van der Waals surface area (Å²) in [6.07, 6.45) is -0.125. The fourth-order valence-electron chi connectivity index (χ4n) is 2.33. The van der Waals surface area contributed by atoms with Crippen molar-refractivity contribution in [1.29, 1.82) is 0 Å². The summed E-state index contributed by atoms with van der Waals surface area (Å²) < 4.78 is 19.7. The van der Waals surface area contributed by atoms with Gasteiger partial charge in [-0.2, -0.15) is 9.50 Å². The van der Waals surface area contributed by atoms with Crippen LogP contribution in [-0.2, 0) is 22.5 Å². The second kappa shape index (κ2) is 7.52. The summed E-state index contributed by atoms with van der Waals surface area (Å²) in [7, 11) is 0. The Hall–Kier alpha value is -2.94. The van der Waals surface area contributed by atoms with Crippen molar-refractivity contribution in [3.63, 3.8) is 0 Å². The first-order chi connectivity index (χ1) is 12.5. The van der Waals surface area contributed by atoms with Gasteiger partial charge in [-0.15, -0.1) is 0 Å². The molecule has 0 aliphatic rings. The second-order valence-electron chi connectivity index (χ2n) is 5.33.